The molecule has 9 heteroatoms. The fraction of sp³-hybridized carbons (Fsp3) is 0.296. The van der Waals surface area contributed by atoms with Crippen molar-refractivity contribution in [2.24, 2.45) is 23.7 Å². The maximum atomic E-state index is 14.1. The van der Waals surface area contributed by atoms with Crippen LogP contribution in [0.1, 0.15) is 22.3 Å². The summed E-state index contributed by atoms with van der Waals surface area (Å²) in [5.41, 5.74) is -0.256. The molecule has 1 heterocycles. The van der Waals surface area contributed by atoms with Crippen molar-refractivity contribution in [3.63, 3.8) is 0 Å². The van der Waals surface area contributed by atoms with Gasteiger partial charge < -0.3 is 9.47 Å². The number of hydrogen-bond acceptors (Lipinski definition) is 5. The Hall–Kier alpha value is -3.88. The first kappa shape index (κ1) is 22.6. The highest BCUT2D eigenvalue weighted by Gasteiger charge is 2.62. The van der Waals surface area contributed by atoms with Crippen LogP contribution in [0.3, 0.4) is 0 Å². The van der Waals surface area contributed by atoms with E-state index in [2.05, 4.69) is 0 Å². The number of amides is 2. The molecular formula is C27H20F3NO5. The molecule has 1 aliphatic heterocycles. The molecule has 0 aromatic heterocycles. The molecule has 184 valence electrons. The molecule has 7 rings (SSSR count). The Balaban J connectivity index is 1.28. The number of alkyl halides is 3. The van der Waals surface area contributed by atoms with E-state index in [1.54, 1.807) is 12.1 Å². The number of anilines is 1. The number of benzene rings is 2. The van der Waals surface area contributed by atoms with E-state index < -0.39 is 47.5 Å². The number of rotatable bonds is 6. The molecule has 36 heavy (non-hydrogen) atoms. The highest BCUT2D eigenvalue weighted by molar-refractivity contribution is 6.30. The average Bonchev–Trinajstić information content (AvgIpc) is 3.65. The van der Waals surface area contributed by atoms with E-state index in [0.717, 1.165) is 24.1 Å². The van der Waals surface area contributed by atoms with Gasteiger partial charge in [-0.1, -0.05) is 12.2 Å². The minimum absolute atomic E-state index is 0.148. The Morgan fingerprint density at radius 2 is 1.81 bits per heavy atom. The number of halogens is 3. The number of ketones is 1. The predicted molar refractivity (Wildman–Crippen MR) is 121 cm³/mol. The largest absolute Gasteiger partial charge is 0.497 e. The third-order valence-corrected chi connectivity index (χ3v) is 7.45. The van der Waals surface area contributed by atoms with Gasteiger partial charge in [-0.15, -0.1) is 0 Å². The van der Waals surface area contributed by atoms with E-state index in [-0.39, 0.29) is 23.5 Å². The van der Waals surface area contributed by atoms with Crippen LogP contribution >= 0.6 is 0 Å². The summed E-state index contributed by atoms with van der Waals surface area (Å²) in [7, 11) is 1.49. The molecule has 2 aromatic carbocycles. The number of imide groups is 1. The molecule has 2 fully saturated rings. The van der Waals surface area contributed by atoms with Crippen LogP contribution in [0.15, 0.2) is 65.8 Å². The van der Waals surface area contributed by atoms with E-state index in [4.69, 9.17) is 9.47 Å². The number of nitrogens with zero attached hydrogens (tertiary/aromatic N) is 1. The molecule has 2 bridgehead atoms. The quantitative estimate of drug-likeness (QED) is 0.433. The fourth-order valence-electron chi connectivity index (χ4n) is 5.67. The maximum absolute atomic E-state index is 14.1. The van der Waals surface area contributed by atoms with E-state index in [9.17, 15) is 27.6 Å². The molecule has 0 spiro atoms. The van der Waals surface area contributed by atoms with Crippen LogP contribution in [-0.2, 0) is 15.8 Å². The van der Waals surface area contributed by atoms with Crippen LogP contribution < -0.4 is 14.4 Å². The summed E-state index contributed by atoms with van der Waals surface area (Å²) in [6, 6.07) is 9.25. The SMILES string of the molecule is COc1ccc(C(=O)COc2ccc(N3C(=O)C4=C5C=CC(C4C3=O)C3CC53)c(C(F)(F)F)c2)cc1. The lowest BCUT2D eigenvalue weighted by atomic mass is 9.71. The minimum Gasteiger partial charge on any atom is -0.497 e. The van der Waals surface area contributed by atoms with Gasteiger partial charge in [0, 0.05) is 11.1 Å². The topological polar surface area (TPSA) is 72.9 Å². The number of ether oxygens (including phenoxy) is 2. The highest BCUT2D eigenvalue weighted by Crippen LogP contribution is 2.63. The van der Waals surface area contributed by atoms with Crippen LogP contribution in [0.4, 0.5) is 18.9 Å². The van der Waals surface area contributed by atoms with Gasteiger partial charge in [-0.3, -0.25) is 14.4 Å². The lowest BCUT2D eigenvalue weighted by molar-refractivity contribution is -0.137. The molecule has 0 N–H and O–H groups in total. The standard InChI is InChI=1S/C27H20F3NO5/c1-35-14-4-2-13(3-5-14)22(32)12-36-15-6-9-21(20(10-15)27(28,29)30)31-25(33)23-16-7-8-17(19-11-18(16)19)24(23)26(31)34/h2-10,16,18-19,23H,11-12H2,1H3. The van der Waals surface area contributed by atoms with Crippen molar-refractivity contribution in [2.75, 3.05) is 18.6 Å². The molecule has 0 radical (unpaired) electrons. The third-order valence-electron chi connectivity index (χ3n) is 7.45. The second kappa shape index (κ2) is 7.81. The summed E-state index contributed by atoms with van der Waals surface area (Å²) in [5, 5.41) is 0. The molecule has 6 nitrogen and oxygen atoms in total. The number of hydrogen-bond donors (Lipinski definition) is 0. The number of allylic oxidation sites excluding steroid dienone is 3. The Bertz CT molecular complexity index is 1370. The van der Waals surface area contributed by atoms with Crippen molar-refractivity contribution in [2.45, 2.75) is 12.6 Å². The zero-order valence-corrected chi connectivity index (χ0v) is 19.0. The first-order valence-electron chi connectivity index (χ1n) is 11.5. The molecule has 5 aliphatic rings. The smallest absolute Gasteiger partial charge is 0.418 e. The lowest BCUT2D eigenvalue weighted by Crippen LogP contribution is -2.34. The van der Waals surface area contributed by atoms with Crippen molar-refractivity contribution in [1.82, 2.24) is 0 Å². The van der Waals surface area contributed by atoms with Gasteiger partial charge in [0.1, 0.15) is 11.5 Å². The molecular weight excluding hydrogens is 475 g/mol. The monoisotopic (exact) mass is 495 g/mol. The zero-order valence-electron chi connectivity index (χ0n) is 19.0. The van der Waals surface area contributed by atoms with Crippen LogP contribution in [0.5, 0.6) is 11.5 Å². The van der Waals surface area contributed by atoms with Gasteiger partial charge >= 0.3 is 6.18 Å². The predicted octanol–water partition coefficient (Wildman–Crippen LogP) is 4.60. The van der Waals surface area contributed by atoms with E-state index in [1.165, 1.54) is 25.3 Å². The van der Waals surface area contributed by atoms with Gasteiger partial charge in [0.2, 0.25) is 5.91 Å². The molecule has 1 saturated heterocycles. The van der Waals surface area contributed by atoms with Crippen molar-refractivity contribution < 1.29 is 37.0 Å². The number of carbonyl (C=O) groups is 3. The summed E-state index contributed by atoms with van der Waals surface area (Å²) in [6.07, 6.45) is -0.197. The summed E-state index contributed by atoms with van der Waals surface area (Å²) >= 11 is 0. The molecule has 2 amide bonds. The molecule has 4 atom stereocenters. The van der Waals surface area contributed by atoms with E-state index in [0.29, 0.717) is 21.8 Å². The zero-order chi connectivity index (χ0) is 25.4. The summed E-state index contributed by atoms with van der Waals surface area (Å²) < 4.78 is 52.6. The first-order chi connectivity index (χ1) is 17.2. The van der Waals surface area contributed by atoms with E-state index in [1.807, 2.05) is 12.2 Å². The normalized spacial score (nSPS) is 25.7. The summed E-state index contributed by atoms with van der Waals surface area (Å²) in [4.78, 5) is 39.6. The molecule has 1 saturated carbocycles. The van der Waals surface area contributed by atoms with E-state index >= 15 is 0 Å². The Kier molecular flexibility index (Phi) is 4.90. The summed E-state index contributed by atoms with van der Waals surface area (Å²) in [6.45, 7) is -0.487. The Labute approximate surface area is 204 Å². The van der Waals surface area contributed by atoms with Crippen molar-refractivity contribution in [3.05, 3.63) is 76.9 Å². The van der Waals surface area contributed by atoms with Crippen LogP contribution in [0, 0.1) is 23.7 Å². The Morgan fingerprint density at radius 3 is 2.50 bits per heavy atom. The van der Waals surface area contributed by atoms with Crippen LogP contribution in [-0.4, -0.2) is 31.3 Å². The van der Waals surface area contributed by atoms with Gasteiger partial charge in [-0.05, 0) is 72.2 Å². The minimum atomic E-state index is -4.86. The molecule has 2 aromatic rings. The first-order valence-corrected chi connectivity index (χ1v) is 11.5. The van der Waals surface area contributed by atoms with Crippen molar-refractivity contribution in [3.8, 4) is 11.5 Å². The number of Topliss-reactive ketones (excluding diaryl/α,β-unsaturated/α-hetero) is 1. The van der Waals surface area contributed by atoms with Crippen molar-refractivity contribution >= 4 is 23.3 Å². The number of carbonyl (C=O) groups excluding carboxylic acids is 3. The highest BCUT2D eigenvalue weighted by atomic mass is 19.4. The maximum Gasteiger partial charge on any atom is 0.418 e. The number of methoxy groups -OCH3 is 1. The third kappa shape index (κ3) is 3.37. The van der Waals surface area contributed by atoms with Crippen molar-refractivity contribution in [1.29, 1.82) is 0 Å². The fourth-order valence-corrected chi connectivity index (χ4v) is 5.67. The second-order valence-corrected chi connectivity index (χ2v) is 9.39. The molecule has 4 aliphatic carbocycles. The van der Waals surface area contributed by atoms with Gasteiger partial charge in [-0.2, -0.15) is 13.2 Å². The van der Waals surface area contributed by atoms with Crippen LogP contribution in [0.2, 0.25) is 0 Å². The van der Waals surface area contributed by atoms with Gasteiger partial charge in [0.25, 0.3) is 5.91 Å². The van der Waals surface area contributed by atoms with Gasteiger partial charge in [-0.25, -0.2) is 4.90 Å². The lowest BCUT2D eigenvalue weighted by Gasteiger charge is -2.29. The van der Waals surface area contributed by atoms with Crippen LogP contribution in [0.25, 0.3) is 0 Å². The second-order valence-electron chi connectivity index (χ2n) is 9.39. The van der Waals surface area contributed by atoms with Gasteiger partial charge in [0.05, 0.1) is 24.3 Å². The Morgan fingerprint density at radius 1 is 1.08 bits per heavy atom. The average molecular weight is 495 g/mol. The molecule has 4 unspecified atom stereocenters. The summed E-state index contributed by atoms with van der Waals surface area (Å²) in [5.74, 6) is -1.74. The van der Waals surface area contributed by atoms with Gasteiger partial charge in [0.15, 0.2) is 12.4 Å².